The van der Waals surface area contributed by atoms with Gasteiger partial charge in [0.15, 0.2) is 0 Å². The minimum absolute atomic E-state index is 0.151. The van der Waals surface area contributed by atoms with Gasteiger partial charge < -0.3 is 10.1 Å². The number of nitro benzene ring substituents is 1. The lowest BCUT2D eigenvalue weighted by atomic mass is 9.77. The van der Waals surface area contributed by atoms with Gasteiger partial charge in [0.25, 0.3) is 5.69 Å². The van der Waals surface area contributed by atoms with Crippen molar-refractivity contribution in [1.82, 2.24) is 5.32 Å². The molecule has 2 rings (SSSR count). The molecule has 1 N–H and O–H groups in total. The summed E-state index contributed by atoms with van der Waals surface area (Å²) in [7, 11) is 1.98. The molecule has 0 radical (unpaired) electrons. The largest absolute Gasteiger partial charge is 0.378 e. The molecule has 5 heteroatoms. The molecule has 1 fully saturated rings. The Hall–Kier alpha value is -1.46. The monoisotopic (exact) mass is 292 g/mol. The first-order valence-corrected chi connectivity index (χ1v) is 7.64. The van der Waals surface area contributed by atoms with Crippen molar-refractivity contribution in [2.45, 2.75) is 44.8 Å². The predicted molar refractivity (Wildman–Crippen MR) is 82.4 cm³/mol. The van der Waals surface area contributed by atoms with Crippen LogP contribution in [0, 0.1) is 16.0 Å². The van der Waals surface area contributed by atoms with E-state index in [0.29, 0.717) is 12.1 Å². The van der Waals surface area contributed by atoms with E-state index in [-0.39, 0.29) is 10.6 Å². The van der Waals surface area contributed by atoms with Crippen LogP contribution in [0.5, 0.6) is 0 Å². The van der Waals surface area contributed by atoms with E-state index in [9.17, 15) is 10.1 Å². The Bertz CT molecular complexity index is 455. The summed E-state index contributed by atoms with van der Waals surface area (Å²) >= 11 is 0. The van der Waals surface area contributed by atoms with Gasteiger partial charge in [-0.2, -0.15) is 0 Å². The van der Waals surface area contributed by atoms with Crippen LogP contribution < -0.4 is 5.32 Å². The van der Waals surface area contributed by atoms with Crippen LogP contribution in [0.3, 0.4) is 0 Å². The Labute approximate surface area is 125 Å². The second kappa shape index (κ2) is 7.52. The Morgan fingerprint density at radius 2 is 2.05 bits per heavy atom. The minimum Gasteiger partial charge on any atom is -0.378 e. The fourth-order valence-corrected chi connectivity index (χ4v) is 2.98. The topological polar surface area (TPSA) is 64.4 Å². The van der Waals surface area contributed by atoms with Gasteiger partial charge in [-0.1, -0.05) is 12.1 Å². The summed E-state index contributed by atoms with van der Waals surface area (Å²) < 4.78 is 5.59. The van der Waals surface area contributed by atoms with Gasteiger partial charge in [0, 0.05) is 24.8 Å². The van der Waals surface area contributed by atoms with Gasteiger partial charge in [-0.25, -0.2) is 0 Å². The SMILES string of the molecule is CCOC1CC(CC(Cc2ccc([N+](=O)[O-])cc2)NC)C1. The number of rotatable bonds is 8. The van der Waals surface area contributed by atoms with Crippen molar-refractivity contribution in [3.63, 3.8) is 0 Å². The number of hydrogen-bond donors (Lipinski definition) is 1. The van der Waals surface area contributed by atoms with Crippen molar-refractivity contribution in [2.24, 2.45) is 5.92 Å². The van der Waals surface area contributed by atoms with Crippen molar-refractivity contribution < 1.29 is 9.66 Å². The highest BCUT2D eigenvalue weighted by Crippen LogP contribution is 2.34. The maximum Gasteiger partial charge on any atom is 0.269 e. The summed E-state index contributed by atoms with van der Waals surface area (Å²) in [4.78, 5) is 10.3. The zero-order valence-corrected chi connectivity index (χ0v) is 12.7. The molecular formula is C16H24N2O3. The molecule has 0 saturated heterocycles. The van der Waals surface area contributed by atoms with E-state index in [0.717, 1.165) is 43.8 Å². The molecule has 0 aliphatic heterocycles. The van der Waals surface area contributed by atoms with Crippen LogP contribution in [0.25, 0.3) is 0 Å². The molecule has 0 bridgehead atoms. The van der Waals surface area contributed by atoms with E-state index >= 15 is 0 Å². The average molecular weight is 292 g/mol. The number of likely N-dealkylation sites (N-methyl/N-ethyl adjacent to an activating group) is 1. The molecule has 5 nitrogen and oxygen atoms in total. The second-order valence-electron chi connectivity index (χ2n) is 5.76. The number of ether oxygens (including phenoxy) is 1. The second-order valence-corrected chi connectivity index (χ2v) is 5.76. The normalized spacial score (nSPS) is 22.6. The number of benzene rings is 1. The fourth-order valence-electron chi connectivity index (χ4n) is 2.98. The van der Waals surface area contributed by atoms with Gasteiger partial charge in [0.2, 0.25) is 0 Å². The summed E-state index contributed by atoms with van der Waals surface area (Å²) in [6.07, 6.45) is 4.82. The maximum absolute atomic E-state index is 10.6. The first kappa shape index (κ1) is 15.9. The third kappa shape index (κ3) is 4.51. The molecule has 116 valence electrons. The van der Waals surface area contributed by atoms with E-state index in [1.807, 2.05) is 26.1 Å². The Balaban J connectivity index is 1.81. The molecule has 21 heavy (non-hydrogen) atoms. The van der Waals surface area contributed by atoms with Gasteiger partial charge in [-0.3, -0.25) is 10.1 Å². The van der Waals surface area contributed by atoms with Crippen molar-refractivity contribution in [1.29, 1.82) is 0 Å². The lowest BCUT2D eigenvalue weighted by Gasteiger charge is -2.37. The molecule has 1 aromatic rings. The molecular weight excluding hydrogens is 268 g/mol. The average Bonchev–Trinajstić information content (AvgIpc) is 2.44. The van der Waals surface area contributed by atoms with Gasteiger partial charge in [-0.15, -0.1) is 0 Å². The predicted octanol–water partition coefficient (Wildman–Crippen LogP) is 2.93. The summed E-state index contributed by atoms with van der Waals surface area (Å²) in [5.41, 5.74) is 1.29. The molecule has 0 aromatic heterocycles. The lowest BCUT2D eigenvalue weighted by Crippen LogP contribution is -2.38. The Kier molecular flexibility index (Phi) is 5.70. The van der Waals surface area contributed by atoms with Gasteiger partial charge in [-0.05, 0) is 51.1 Å². The molecule has 1 saturated carbocycles. The standard InChI is InChI=1S/C16H24N2O3/c1-3-21-16-10-13(11-16)9-14(17-2)8-12-4-6-15(7-5-12)18(19)20/h4-7,13-14,16-17H,3,8-11H2,1-2H3. The quantitative estimate of drug-likeness (QED) is 0.591. The summed E-state index contributed by atoms with van der Waals surface area (Å²) in [5.74, 6) is 0.733. The minimum atomic E-state index is -0.360. The Morgan fingerprint density at radius 3 is 2.57 bits per heavy atom. The van der Waals surface area contributed by atoms with Crippen LogP contribution in [0.4, 0.5) is 5.69 Å². The van der Waals surface area contributed by atoms with Crippen LogP contribution in [0.15, 0.2) is 24.3 Å². The number of nitrogens with one attached hydrogen (secondary N) is 1. The van der Waals surface area contributed by atoms with E-state index in [1.165, 1.54) is 0 Å². The van der Waals surface area contributed by atoms with E-state index in [1.54, 1.807) is 12.1 Å². The summed E-state index contributed by atoms with van der Waals surface area (Å²) in [5, 5.41) is 14.0. The van der Waals surface area contributed by atoms with Crippen LogP contribution in [-0.2, 0) is 11.2 Å². The lowest BCUT2D eigenvalue weighted by molar-refractivity contribution is -0.384. The third-order valence-corrected chi connectivity index (χ3v) is 4.25. The zero-order valence-electron chi connectivity index (χ0n) is 12.7. The fraction of sp³-hybridized carbons (Fsp3) is 0.625. The maximum atomic E-state index is 10.6. The summed E-state index contributed by atoms with van der Waals surface area (Å²) in [6.45, 7) is 2.84. The van der Waals surface area contributed by atoms with E-state index in [2.05, 4.69) is 5.32 Å². The first-order valence-electron chi connectivity index (χ1n) is 7.64. The molecule has 0 spiro atoms. The van der Waals surface area contributed by atoms with Gasteiger partial charge in [0.05, 0.1) is 11.0 Å². The first-order chi connectivity index (χ1) is 10.1. The third-order valence-electron chi connectivity index (χ3n) is 4.25. The Morgan fingerprint density at radius 1 is 1.38 bits per heavy atom. The number of nitrogens with zero attached hydrogens (tertiary/aromatic N) is 1. The van der Waals surface area contributed by atoms with Crippen molar-refractivity contribution in [2.75, 3.05) is 13.7 Å². The smallest absolute Gasteiger partial charge is 0.269 e. The zero-order chi connectivity index (χ0) is 15.2. The van der Waals surface area contributed by atoms with Crippen LogP contribution in [-0.4, -0.2) is 30.7 Å². The molecule has 0 amide bonds. The van der Waals surface area contributed by atoms with E-state index < -0.39 is 0 Å². The molecule has 1 aromatic carbocycles. The highest BCUT2D eigenvalue weighted by Gasteiger charge is 2.31. The van der Waals surface area contributed by atoms with Gasteiger partial charge >= 0.3 is 0 Å². The summed E-state index contributed by atoms with van der Waals surface area (Å²) in [6, 6.07) is 7.28. The van der Waals surface area contributed by atoms with Crippen LogP contribution in [0.2, 0.25) is 0 Å². The highest BCUT2D eigenvalue weighted by atomic mass is 16.6. The molecule has 1 atom stereocenters. The molecule has 0 heterocycles. The highest BCUT2D eigenvalue weighted by molar-refractivity contribution is 5.33. The molecule has 1 aliphatic rings. The molecule has 1 unspecified atom stereocenters. The van der Waals surface area contributed by atoms with Crippen molar-refractivity contribution >= 4 is 5.69 Å². The van der Waals surface area contributed by atoms with E-state index in [4.69, 9.17) is 4.74 Å². The van der Waals surface area contributed by atoms with Crippen molar-refractivity contribution in [3.8, 4) is 0 Å². The van der Waals surface area contributed by atoms with Crippen LogP contribution in [0.1, 0.15) is 31.7 Å². The van der Waals surface area contributed by atoms with Gasteiger partial charge in [0.1, 0.15) is 0 Å². The van der Waals surface area contributed by atoms with Crippen molar-refractivity contribution in [3.05, 3.63) is 39.9 Å². The number of nitro groups is 1. The number of hydrogen-bond acceptors (Lipinski definition) is 4. The van der Waals surface area contributed by atoms with Crippen LogP contribution >= 0.6 is 0 Å². The number of non-ortho nitro benzene ring substituents is 1. The molecule has 1 aliphatic carbocycles.